The molecule has 0 amide bonds. The highest BCUT2D eigenvalue weighted by atomic mass is 16.2. The number of rotatable bonds is 2. The standard InChI is InChI=1S/C7H7N2O3/c1-5-4-8-7(12)9(2-3-10)6(5)11/h4H,2H2,1H3,(H,8,12). The fourth-order valence-corrected chi connectivity index (χ4v) is 0.823. The number of H-pyrrole nitrogens is 1. The van der Waals surface area contributed by atoms with Crippen molar-refractivity contribution in [2.75, 3.05) is 0 Å². The van der Waals surface area contributed by atoms with E-state index in [1.807, 2.05) is 0 Å². The molecule has 5 heteroatoms. The quantitative estimate of drug-likeness (QED) is 0.611. The molecule has 0 aliphatic rings. The van der Waals surface area contributed by atoms with Crippen LogP contribution in [0.5, 0.6) is 0 Å². The molecule has 0 spiro atoms. The number of nitrogens with zero attached hydrogens (tertiary/aromatic N) is 1. The van der Waals surface area contributed by atoms with Crippen molar-refractivity contribution in [1.29, 1.82) is 0 Å². The van der Waals surface area contributed by atoms with Gasteiger partial charge in [-0.3, -0.25) is 14.2 Å². The van der Waals surface area contributed by atoms with Crippen molar-refractivity contribution < 1.29 is 4.79 Å². The third-order valence-electron chi connectivity index (χ3n) is 1.46. The Morgan fingerprint density at radius 1 is 1.58 bits per heavy atom. The maximum Gasteiger partial charge on any atom is 0.328 e. The van der Waals surface area contributed by atoms with Crippen molar-refractivity contribution in [1.82, 2.24) is 9.55 Å². The van der Waals surface area contributed by atoms with Gasteiger partial charge in [0.2, 0.25) is 6.29 Å². The van der Waals surface area contributed by atoms with Gasteiger partial charge in [-0.25, -0.2) is 4.79 Å². The summed E-state index contributed by atoms with van der Waals surface area (Å²) in [6.07, 6.45) is 2.80. The molecule has 0 atom stereocenters. The smallest absolute Gasteiger partial charge is 0.314 e. The largest absolute Gasteiger partial charge is 0.328 e. The van der Waals surface area contributed by atoms with Crippen LogP contribution in [0.2, 0.25) is 0 Å². The van der Waals surface area contributed by atoms with E-state index < -0.39 is 11.2 Å². The molecular weight excluding hydrogens is 160 g/mol. The van der Waals surface area contributed by atoms with Gasteiger partial charge >= 0.3 is 5.69 Å². The minimum absolute atomic E-state index is 0.324. The summed E-state index contributed by atoms with van der Waals surface area (Å²) in [5.41, 5.74) is -0.652. The van der Waals surface area contributed by atoms with E-state index in [2.05, 4.69) is 4.98 Å². The van der Waals surface area contributed by atoms with Crippen molar-refractivity contribution in [3.05, 3.63) is 32.6 Å². The second-order valence-electron chi connectivity index (χ2n) is 2.31. The summed E-state index contributed by atoms with van der Waals surface area (Å²) in [5, 5.41) is 0. The van der Waals surface area contributed by atoms with Crippen LogP contribution in [-0.4, -0.2) is 15.8 Å². The second kappa shape index (κ2) is 3.17. The highest BCUT2D eigenvalue weighted by Crippen LogP contribution is 1.78. The van der Waals surface area contributed by atoms with Crippen LogP contribution < -0.4 is 11.2 Å². The van der Waals surface area contributed by atoms with E-state index in [0.717, 1.165) is 4.57 Å². The molecule has 0 aromatic carbocycles. The van der Waals surface area contributed by atoms with E-state index in [-0.39, 0.29) is 6.54 Å². The van der Waals surface area contributed by atoms with Gasteiger partial charge in [0.15, 0.2) is 0 Å². The molecule has 0 bridgehead atoms. The van der Waals surface area contributed by atoms with Crippen LogP contribution in [0.1, 0.15) is 5.56 Å². The predicted molar refractivity (Wildman–Crippen MR) is 41.8 cm³/mol. The minimum atomic E-state index is -0.589. The molecule has 5 nitrogen and oxygen atoms in total. The third kappa shape index (κ3) is 1.34. The number of aryl methyl sites for hydroxylation is 1. The van der Waals surface area contributed by atoms with Gasteiger partial charge in [-0.15, -0.1) is 0 Å². The van der Waals surface area contributed by atoms with E-state index in [9.17, 15) is 14.4 Å². The van der Waals surface area contributed by atoms with Crippen molar-refractivity contribution >= 4 is 6.29 Å². The van der Waals surface area contributed by atoms with Crippen LogP contribution >= 0.6 is 0 Å². The summed E-state index contributed by atoms with van der Waals surface area (Å²) in [7, 11) is 0. The summed E-state index contributed by atoms with van der Waals surface area (Å²) >= 11 is 0. The lowest BCUT2D eigenvalue weighted by atomic mass is 10.4. The Morgan fingerprint density at radius 3 is 2.83 bits per heavy atom. The first-order chi connectivity index (χ1) is 5.66. The van der Waals surface area contributed by atoms with Gasteiger partial charge in [-0.05, 0) is 6.92 Å². The fraction of sp³-hybridized carbons (Fsp3) is 0.286. The number of hydrogen-bond donors (Lipinski definition) is 1. The van der Waals surface area contributed by atoms with Crippen LogP contribution in [0.3, 0.4) is 0 Å². The first-order valence-corrected chi connectivity index (χ1v) is 3.31. The van der Waals surface area contributed by atoms with E-state index in [1.165, 1.54) is 12.5 Å². The molecule has 1 aromatic rings. The number of carbonyl (C=O) groups excluding carboxylic acids is 1. The average molecular weight is 167 g/mol. The number of aromatic nitrogens is 2. The maximum absolute atomic E-state index is 11.1. The summed E-state index contributed by atoms with van der Waals surface area (Å²) in [4.78, 5) is 34.3. The van der Waals surface area contributed by atoms with Gasteiger partial charge in [-0.2, -0.15) is 0 Å². The third-order valence-corrected chi connectivity index (χ3v) is 1.46. The highest BCUT2D eigenvalue weighted by Gasteiger charge is 2.01. The number of hydrogen-bond acceptors (Lipinski definition) is 3. The topological polar surface area (TPSA) is 71.9 Å². The Kier molecular flexibility index (Phi) is 2.23. The van der Waals surface area contributed by atoms with Crippen LogP contribution in [0.15, 0.2) is 15.8 Å². The minimum Gasteiger partial charge on any atom is -0.314 e. The number of aromatic amines is 1. The van der Waals surface area contributed by atoms with Crippen molar-refractivity contribution in [2.24, 2.45) is 0 Å². The van der Waals surface area contributed by atoms with Gasteiger partial charge in [0.25, 0.3) is 5.56 Å². The van der Waals surface area contributed by atoms with E-state index in [4.69, 9.17) is 0 Å². The molecule has 1 N–H and O–H groups in total. The molecule has 63 valence electrons. The van der Waals surface area contributed by atoms with Crippen molar-refractivity contribution in [3.63, 3.8) is 0 Å². The Labute approximate surface area is 67.7 Å². The predicted octanol–water partition coefficient (Wildman–Crippen LogP) is -1.05. The molecule has 0 aliphatic carbocycles. The molecule has 0 unspecified atom stereocenters. The zero-order valence-corrected chi connectivity index (χ0v) is 6.46. The first-order valence-electron chi connectivity index (χ1n) is 3.31. The van der Waals surface area contributed by atoms with Gasteiger partial charge < -0.3 is 4.98 Å². The summed E-state index contributed by atoms with van der Waals surface area (Å²) in [5.74, 6) is 0. The first kappa shape index (κ1) is 8.45. The Balaban J connectivity index is 3.43. The molecule has 0 fully saturated rings. The zero-order valence-electron chi connectivity index (χ0n) is 6.46. The van der Waals surface area contributed by atoms with E-state index in [0.29, 0.717) is 5.56 Å². The van der Waals surface area contributed by atoms with Crippen molar-refractivity contribution in [2.45, 2.75) is 13.5 Å². The van der Waals surface area contributed by atoms with Crippen LogP contribution in [0.25, 0.3) is 0 Å². The summed E-state index contributed by atoms with van der Waals surface area (Å²) < 4.78 is 0.794. The van der Waals surface area contributed by atoms with Crippen molar-refractivity contribution in [3.8, 4) is 0 Å². The van der Waals surface area contributed by atoms with E-state index >= 15 is 0 Å². The molecule has 1 heterocycles. The van der Waals surface area contributed by atoms with Gasteiger partial charge in [0.05, 0.1) is 6.54 Å². The van der Waals surface area contributed by atoms with E-state index in [1.54, 1.807) is 6.92 Å². The molecular formula is C7H7N2O3. The normalized spacial score (nSPS) is 9.75. The lowest BCUT2D eigenvalue weighted by molar-refractivity contribution is 0.539. The van der Waals surface area contributed by atoms with Gasteiger partial charge in [0, 0.05) is 11.8 Å². The Hall–Kier alpha value is -1.65. The molecule has 0 saturated carbocycles. The van der Waals surface area contributed by atoms with Crippen LogP contribution in [0.4, 0.5) is 0 Å². The van der Waals surface area contributed by atoms with Gasteiger partial charge in [-0.1, -0.05) is 0 Å². The Morgan fingerprint density at radius 2 is 2.25 bits per heavy atom. The maximum atomic E-state index is 11.1. The molecule has 0 aliphatic heterocycles. The lowest BCUT2D eigenvalue weighted by Crippen LogP contribution is -2.36. The van der Waals surface area contributed by atoms with Gasteiger partial charge in [0.1, 0.15) is 0 Å². The monoisotopic (exact) mass is 167 g/mol. The SMILES string of the molecule is Cc1c[nH]c(=O)n(C[C]=O)c1=O. The molecule has 1 aromatic heterocycles. The molecule has 0 saturated heterocycles. The highest BCUT2D eigenvalue weighted by molar-refractivity contribution is 5.50. The molecule has 12 heavy (non-hydrogen) atoms. The zero-order chi connectivity index (χ0) is 9.14. The fourth-order valence-electron chi connectivity index (χ4n) is 0.823. The molecule has 1 radical (unpaired) electrons. The lowest BCUT2D eigenvalue weighted by Gasteiger charge is -1.98. The Bertz CT molecular complexity index is 402. The van der Waals surface area contributed by atoms with Crippen LogP contribution in [0, 0.1) is 6.92 Å². The second-order valence-corrected chi connectivity index (χ2v) is 2.31. The summed E-state index contributed by atoms with van der Waals surface area (Å²) in [6.45, 7) is 1.23. The number of nitrogens with one attached hydrogen (secondary N) is 1. The van der Waals surface area contributed by atoms with Crippen LogP contribution in [-0.2, 0) is 11.3 Å². The average Bonchev–Trinajstić information content (AvgIpc) is 2.06. The molecule has 1 rings (SSSR count). The summed E-state index contributed by atoms with van der Waals surface area (Å²) in [6, 6.07) is 0.